The molecule has 0 aromatic heterocycles. The van der Waals surface area contributed by atoms with Crippen molar-refractivity contribution < 1.29 is 14.7 Å². The summed E-state index contributed by atoms with van der Waals surface area (Å²) in [4.78, 5) is 25.7. The number of benzene rings is 2. The van der Waals surface area contributed by atoms with E-state index in [1.165, 1.54) is 4.90 Å². The fraction of sp³-hybridized carbons (Fsp3) is 0.222. The molecule has 0 radical (unpaired) electrons. The summed E-state index contributed by atoms with van der Waals surface area (Å²) in [5, 5.41) is 9.82. The molecule has 118 valence electrons. The first-order valence-electron chi connectivity index (χ1n) is 7.41. The first kappa shape index (κ1) is 15.6. The average Bonchev–Trinajstić information content (AvgIpc) is 3.01. The molecule has 0 spiro atoms. The van der Waals surface area contributed by atoms with E-state index in [4.69, 9.17) is 11.6 Å². The third-order valence-corrected chi connectivity index (χ3v) is 4.55. The number of likely N-dealkylation sites (tertiary alicyclic amines) is 1. The zero-order valence-electron chi connectivity index (χ0n) is 12.4. The van der Waals surface area contributed by atoms with Gasteiger partial charge >= 0.3 is 5.97 Å². The molecular weight excluding hydrogens is 314 g/mol. The summed E-state index contributed by atoms with van der Waals surface area (Å²) in [6, 6.07) is 15.6. The van der Waals surface area contributed by atoms with Gasteiger partial charge in [-0.15, -0.1) is 0 Å². The van der Waals surface area contributed by atoms with Crippen molar-refractivity contribution in [2.24, 2.45) is 0 Å². The maximum absolute atomic E-state index is 12.7. The van der Waals surface area contributed by atoms with Gasteiger partial charge in [0.05, 0.1) is 10.6 Å². The minimum absolute atomic E-state index is 0.0173. The average molecular weight is 330 g/mol. The highest BCUT2D eigenvalue weighted by Gasteiger charge is 2.40. The molecule has 0 unspecified atom stereocenters. The van der Waals surface area contributed by atoms with Crippen molar-refractivity contribution in [3.8, 4) is 0 Å². The van der Waals surface area contributed by atoms with Gasteiger partial charge in [0.25, 0.3) is 5.91 Å². The summed E-state index contributed by atoms with van der Waals surface area (Å²) >= 11 is 6.08. The standard InChI is InChI=1S/C18H16ClNO3/c19-15-9-5-4-8-14(15)17(21)20-11-13(10-16(20)18(22)23)12-6-2-1-3-7-12/h1-9,13,16H,10-11H2,(H,22,23)/t13-,16+/m1/s1. The smallest absolute Gasteiger partial charge is 0.326 e. The van der Waals surface area contributed by atoms with Gasteiger partial charge in [-0.3, -0.25) is 4.79 Å². The van der Waals surface area contributed by atoms with Crippen LogP contribution in [0.15, 0.2) is 54.6 Å². The number of halogens is 1. The van der Waals surface area contributed by atoms with E-state index in [0.717, 1.165) is 5.56 Å². The summed E-state index contributed by atoms with van der Waals surface area (Å²) in [6.07, 6.45) is 0.412. The molecule has 1 fully saturated rings. The summed E-state index contributed by atoms with van der Waals surface area (Å²) < 4.78 is 0. The van der Waals surface area contributed by atoms with Crippen LogP contribution in [-0.4, -0.2) is 34.5 Å². The maximum atomic E-state index is 12.7. The molecule has 0 aliphatic carbocycles. The highest BCUT2D eigenvalue weighted by molar-refractivity contribution is 6.33. The number of carboxylic acid groups (broad SMARTS) is 1. The highest BCUT2D eigenvalue weighted by Crippen LogP contribution is 2.33. The lowest BCUT2D eigenvalue weighted by atomic mass is 9.96. The van der Waals surface area contributed by atoms with Gasteiger partial charge in [-0.1, -0.05) is 54.1 Å². The second kappa shape index (κ2) is 6.42. The van der Waals surface area contributed by atoms with Crippen molar-refractivity contribution in [1.82, 2.24) is 4.90 Å². The predicted molar refractivity (Wildman–Crippen MR) is 87.7 cm³/mol. The Balaban J connectivity index is 1.89. The Labute approximate surface area is 139 Å². The Morgan fingerprint density at radius 1 is 1.04 bits per heavy atom. The molecule has 0 saturated carbocycles. The number of hydrogen-bond acceptors (Lipinski definition) is 2. The van der Waals surface area contributed by atoms with Crippen LogP contribution in [0.3, 0.4) is 0 Å². The van der Waals surface area contributed by atoms with Crippen LogP contribution in [0.25, 0.3) is 0 Å². The van der Waals surface area contributed by atoms with Crippen LogP contribution >= 0.6 is 11.6 Å². The lowest BCUT2D eigenvalue weighted by molar-refractivity contribution is -0.141. The topological polar surface area (TPSA) is 57.6 Å². The molecule has 3 rings (SSSR count). The van der Waals surface area contributed by atoms with E-state index in [1.54, 1.807) is 24.3 Å². The van der Waals surface area contributed by atoms with E-state index in [9.17, 15) is 14.7 Å². The maximum Gasteiger partial charge on any atom is 0.326 e. The predicted octanol–water partition coefficient (Wildman–Crippen LogP) is 3.42. The third-order valence-electron chi connectivity index (χ3n) is 4.22. The summed E-state index contributed by atoms with van der Waals surface area (Å²) in [5.74, 6) is -1.30. The lowest BCUT2D eigenvalue weighted by Crippen LogP contribution is -2.40. The van der Waals surface area contributed by atoms with Crippen molar-refractivity contribution in [3.63, 3.8) is 0 Å². The van der Waals surface area contributed by atoms with Gasteiger partial charge in [-0.25, -0.2) is 4.79 Å². The number of hydrogen-bond donors (Lipinski definition) is 1. The fourth-order valence-corrected chi connectivity index (χ4v) is 3.27. The Morgan fingerprint density at radius 3 is 2.35 bits per heavy atom. The monoisotopic (exact) mass is 329 g/mol. The van der Waals surface area contributed by atoms with Crippen LogP contribution in [0.1, 0.15) is 28.3 Å². The van der Waals surface area contributed by atoms with E-state index in [0.29, 0.717) is 23.6 Å². The normalized spacial score (nSPS) is 20.5. The van der Waals surface area contributed by atoms with Gasteiger partial charge in [0, 0.05) is 12.5 Å². The van der Waals surface area contributed by atoms with Gasteiger partial charge in [0.15, 0.2) is 0 Å². The lowest BCUT2D eigenvalue weighted by Gasteiger charge is -2.22. The van der Waals surface area contributed by atoms with Gasteiger partial charge in [0.1, 0.15) is 6.04 Å². The van der Waals surface area contributed by atoms with Crippen LogP contribution in [0.2, 0.25) is 5.02 Å². The van der Waals surface area contributed by atoms with Gasteiger partial charge in [0.2, 0.25) is 0 Å². The Morgan fingerprint density at radius 2 is 1.70 bits per heavy atom. The largest absolute Gasteiger partial charge is 0.480 e. The van der Waals surface area contributed by atoms with Crippen LogP contribution in [0, 0.1) is 0 Å². The zero-order chi connectivity index (χ0) is 16.4. The number of carbonyl (C=O) groups is 2. The molecule has 1 N–H and O–H groups in total. The molecule has 2 aromatic rings. The van der Waals surface area contributed by atoms with Crippen LogP contribution in [0.4, 0.5) is 0 Å². The van der Waals surface area contributed by atoms with Crippen molar-refractivity contribution in [1.29, 1.82) is 0 Å². The van der Waals surface area contributed by atoms with Crippen molar-refractivity contribution in [2.75, 3.05) is 6.54 Å². The SMILES string of the molecule is O=C(O)[C@@H]1C[C@@H](c2ccccc2)CN1C(=O)c1ccccc1Cl. The number of carbonyl (C=O) groups excluding carboxylic acids is 1. The molecular formula is C18H16ClNO3. The minimum Gasteiger partial charge on any atom is -0.480 e. The number of carboxylic acids is 1. The minimum atomic E-state index is -0.983. The van der Waals surface area contributed by atoms with E-state index >= 15 is 0 Å². The quantitative estimate of drug-likeness (QED) is 0.938. The van der Waals surface area contributed by atoms with E-state index in [1.807, 2.05) is 30.3 Å². The molecule has 1 heterocycles. The second-order valence-corrected chi connectivity index (χ2v) is 6.04. The van der Waals surface area contributed by atoms with Gasteiger partial charge in [-0.05, 0) is 24.1 Å². The van der Waals surface area contributed by atoms with Crippen molar-refractivity contribution >= 4 is 23.5 Å². The number of aliphatic carboxylic acids is 1. The van der Waals surface area contributed by atoms with Crippen LogP contribution in [0.5, 0.6) is 0 Å². The van der Waals surface area contributed by atoms with E-state index < -0.39 is 12.0 Å². The number of amides is 1. The second-order valence-electron chi connectivity index (χ2n) is 5.63. The van der Waals surface area contributed by atoms with Crippen LogP contribution in [-0.2, 0) is 4.79 Å². The van der Waals surface area contributed by atoms with Gasteiger partial charge < -0.3 is 10.0 Å². The molecule has 1 aliphatic heterocycles. The molecule has 2 atom stereocenters. The van der Waals surface area contributed by atoms with E-state index in [-0.39, 0.29) is 11.8 Å². The Bertz CT molecular complexity index is 732. The summed E-state index contributed by atoms with van der Waals surface area (Å²) in [5.41, 5.74) is 1.39. The van der Waals surface area contributed by atoms with Crippen LogP contribution < -0.4 is 0 Å². The summed E-state index contributed by atoms with van der Waals surface area (Å²) in [6.45, 7) is 0.380. The molecule has 5 heteroatoms. The first-order valence-corrected chi connectivity index (χ1v) is 7.79. The molecule has 1 saturated heterocycles. The summed E-state index contributed by atoms with van der Waals surface area (Å²) in [7, 11) is 0. The van der Waals surface area contributed by atoms with E-state index in [2.05, 4.69) is 0 Å². The van der Waals surface area contributed by atoms with Gasteiger partial charge in [-0.2, -0.15) is 0 Å². The molecule has 1 amide bonds. The fourth-order valence-electron chi connectivity index (χ4n) is 3.05. The molecule has 1 aliphatic rings. The molecule has 4 nitrogen and oxygen atoms in total. The molecule has 23 heavy (non-hydrogen) atoms. The third kappa shape index (κ3) is 3.08. The molecule has 2 aromatic carbocycles. The number of rotatable bonds is 3. The highest BCUT2D eigenvalue weighted by atomic mass is 35.5. The van der Waals surface area contributed by atoms with Crippen molar-refractivity contribution in [2.45, 2.75) is 18.4 Å². The van der Waals surface area contributed by atoms with Crippen molar-refractivity contribution in [3.05, 3.63) is 70.7 Å². The Kier molecular flexibility index (Phi) is 4.35. The Hall–Kier alpha value is -2.33. The number of nitrogens with zero attached hydrogens (tertiary/aromatic N) is 1. The first-order chi connectivity index (χ1) is 11.1. The molecule has 0 bridgehead atoms. The zero-order valence-corrected chi connectivity index (χ0v) is 13.1.